The first kappa shape index (κ1) is 15.3. The molecule has 1 saturated carbocycles. The van der Waals surface area contributed by atoms with Crippen molar-refractivity contribution in [1.82, 2.24) is 10.9 Å². The van der Waals surface area contributed by atoms with Crippen molar-refractivity contribution in [1.29, 1.82) is 0 Å². The summed E-state index contributed by atoms with van der Waals surface area (Å²) in [5, 5.41) is 17.2. The van der Waals surface area contributed by atoms with Crippen molar-refractivity contribution in [2.24, 2.45) is 5.16 Å². The summed E-state index contributed by atoms with van der Waals surface area (Å²) in [6, 6.07) is 13.2. The van der Waals surface area contributed by atoms with Gasteiger partial charge in [0.05, 0.1) is 17.4 Å². The maximum atomic E-state index is 12.1. The number of nitrogens with one attached hydrogen (secondary N) is 3. The van der Waals surface area contributed by atoms with Crippen LogP contribution in [0.15, 0.2) is 47.6 Å². The SMILES string of the molecule is O=C(NNC1CCCC/C1=N\O)Nc1cccc2ccccc12. The van der Waals surface area contributed by atoms with Gasteiger partial charge >= 0.3 is 6.03 Å². The minimum atomic E-state index is -0.343. The Bertz CT molecular complexity index is 724. The summed E-state index contributed by atoms with van der Waals surface area (Å²) in [5.41, 5.74) is 7.01. The van der Waals surface area contributed by atoms with Gasteiger partial charge in [-0.1, -0.05) is 48.0 Å². The summed E-state index contributed by atoms with van der Waals surface area (Å²) in [5.74, 6) is 0. The Balaban J connectivity index is 1.63. The van der Waals surface area contributed by atoms with E-state index in [2.05, 4.69) is 21.3 Å². The number of benzene rings is 2. The molecule has 23 heavy (non-hydrogen) atoms. The van der Waals surface area contributed by atoms with Crippen molar-refractivity contribution < 1.29 is 10.0 Å². The first-order valence-electron chi connectivity index (χ1n) is 7.79. The standard InChI is InChI=1S/C17H20N4O2/c22-17(20-19-15-9-3-4-10-16(15)21-23)18-14-11-5-7-12-6-1-2-8-13(12)14/h1-2,5-8,11,15,19,23H,3-4,9-10H2,(H2,18,20,22)/b21-16+. The van der Waals surface area contributed by atoms with E-state index in [9.17, 15) is 4.79 Å². The number of oxime groups is 1. The molecule has 0 aromatic heterocycles. The fraction of sp³-hybridized carbons (Fsp3) is 0.294. The number of rotatable bonds is 3. The van der Waals surface area contributed by atoms with Crippen molar-refractivity contribution in [3.8, 4) is 0 Å². The van der Waals surface area contributed by atoms with Gasteiger partial charge in [0.2, 0.25) is 0 Å². The highest BCUT2D eigenvalue weighted by Crippen LogP contribution is 2.22. The predicted octanol–water partition coefficient (Wildman–Crippen LogP) is 3.24. The van der Waals surface area contributed by atoms with E-state index in [1.165, 1.54) is 0 Å². The molecule has 120 valence electrons. The molecule has 6 nitrogen and oxygen atoms in total. The van der Waals surface area contributed by atoms with Gasteiger partial charge in [-0.05, 0) is 30.7 Å². The zero-order valence-electron chi connectivity index (χ0n) is 12.7. The van der Waals surface area contributed by atoms with E-state index in [0.717, 1.165) is 42.1 Å². The van der Waals surface area contributed by atoms with Gasteiger partial charge in [0.1, 0.15) is 0 Å². The Labute approximate surface area is 134 Å². The molecule has 0 aliphatic heterocycles. The second kappa shape index (κ2) is 7.11. The molecule has 0 radical (unpaired) electrons. The summed E-state index contributed by atoms with van der Waals surface area (Å²) in [7, 11) is 0. The second-order valence-corrected chi connectivity index (χ2v) is 5.64. The Hall–Kier alpha value is -2.60. The van der Waals surface area contributed by atoms with Gasteiger partial charge in [0.15, 0.2) is 0 Å². The quantitative estimate of drug-likeness (QED) is 0.518. The topological polar surface area (TPSA) is 85.8 Å². The van der Waals surface area contributed by atoms with E-state index >= 15 is 0 Å². The smallest absolute Gasteiger partial charge is 0.333 e. The van der Waals surface area contributed by atoms with E-state index in [-0.39, 0.29) is 12.1 Å². The zero-order valence-corrected chi connectivity index (χ0v) is 12.7. The monoisotopic (exact) mass is 312 g/mol. The fourth-order valence-electron chi connectivity index (χ4n) is 2.91. The number of nitrogens with zero attached hydrogens (tertiary/aromatic N) is 1. The van der Waals surface area contributed by atoms with Gasteiger partial charge in [0, 0.05) is 5.39 Å². The van der Waals surface area contributed by atoms with E-state index in [4.69, 9.17) is 5.21 Å². The average Bonchev–Trinajstić information content (AvgIpc) is 2.60. The van der Waals surface area contributed by atoms with E-state index in [1.807, 2.05) is 42.5 Å². The number of carbonyl (C=O) groups excluding carboxylic acids is 1. The molecule has 0 saturated heterocycles. The Morgan fingerprint density at radius 2 is 1.96 bits per heavy atom. The summed E-state index contributed by atoms with van der Waals surface area (Å²) >= 11 is 0. The van der Waals surface area contributed by atoms with Crippen LogP contribution in [-0.2, 0) is 0 Å². The van der Waals surface area contributed by atoms with Crippen LogP contribution in [0.25, 0.3) is 10.8 Å². The lowest BCUT2D eigenvalue weighted by Gasteiger charge is -2.24. The normalized spacial score (nSPS) is 19.7. The summed E-state index contributed by atoms with van der Waals surface area (Å²) in [6.45, 7) is 0. The van der Waals surface area contributed by atoms with Crippen molar-refractivity contribution >= 4 is 28.2 Å². The van der Waals surface area contributed by atoms with Crippen molar-refractivity contribution in [3.63, 3.8) is 0 Å². The van der Waals surface area contributed by atoms with Crippen LogP contribution >= 0.6 is 0 Å². The third-order valence-corrected chi connectivity index (χ3v) is 4.10. The van der Waals surface area contributed by atoms with Gasteiger partial charge < -0.3 is 10.5 Å². The third-order valence-electron chi connectivity index (χ3n) is 4.10. The van der Waals surface area contributed by atoms with E-state index in [0.29, 0.717) is 5.71 Å². The molecular weight excluding hydrogens is 292 g/mol. The Kier molecular flexibility index (Phi) is 4.73. The molecule has 2 aromatic rings. The molecule has 4 N–H and O–H groups in total. The van der Waals surface area contributed by atoms with Crippen LogP contribution in [-0.4, -0.2) is 23.0 Å². The van der Waals surface area contributed by atoms with Crippen molar-refractivity contribution in [2.45, 2.75) is 31.7 Å². The number of amides is 2. The molecule has 2 amide bonds. The summed E-state index contributed by atoms with van der Waals surface area (Å²) < 4.78 is 0. The molecule has 1 atom stereocenters. The molecule has 1 aliphatic rings. The molecule has 1 unspecified atom stereocenters. The van der Waals surface area contributed by atoms with Crippen molar-refractivity contribution in [2.75, 3.05) is 5.32 Å². The van der Waals surface area contributed by atoms with E-state index < -0.39 is 0 Å². The maximum Gasteiger partial charge on any atom is 0.333 e. The van der Waals surface area contributed by atoms with Crippen LogP contribution in [0.3, 0.4) is 0 Å². The number of fused-ring (bicyclic) bond motifs is 1. The second-order valence-electron chi connectivity index (χ2n) is 5.64. The van der Waals surface area contributed by atoms with Crippen LogP contribution < -0.4 is 16.2 Å². The number of urea groups is 1. The van der Waals surface area contributed by atoms with Gasteiger partial charge in [-0.15, -0.1) is 0 Å². The fourth-order valence-corrected chi connectivity index (χ4v) is 2.91. The van der Waals surface area contributed by atoms with Gasteiger partial charge in [-0.2, -0.15) is 0 Å². The number of hydrogen-bond acceptors (Lipinski definition) is 4. The molecule has 2 aromatic carbocycles. The number of hydrazine groups is 1. The molecular formula is C17H20N4O2. The number of hydrogen-bond donors (Lipinski definition) is 4. The summed E-state index contributed by atoms with van der Waals surface area (Å²) in [4.78, 5) is 12.1. The first-order valence-corrected chi connectivity index (χ1v) is 7.79. The average molecular weight is 312 g/mol. The lowest BCUT2D eigenvalue weighted by molar-refractivity contribution is 0.245. The zero-order chi connectivity index (χ0) is 16.1. The first-order chi connectivity index (χ1) is 11.3. The lowest BCUT2D eigenvalue weighted by atomic mass is 9.94. The summed E-state index contributed by atoms with van der Waals surface area (Å²) in [6.07, 6.45) is 3.65. The Morgan fingerprint density at radius 1 is 1.13 bits per heavy atom. The molecule has 0 spiro atoms. The third kappa shape index (κ3) is 3.60. The van der Waals surface area contributed by atoms with Gasteiger partial charge in [-0.25, -0.2) is 10.2 Å². The molecule has 3 rings (SSSR count). The van der Waals surface area contributed by atoms with Crippen LogP contribution in [0.1, 0.15) is 25.7 Å². The van der Waals surface area contributed by atoms with Crippen LogP contribution in [0.4, 0.5) is 10.5 Å². The molecule has 1 fully saturated rings. The van der Waals surface area contributed by atoms with Gasteiger partial charge in [-0.3, -0.25) is 5.43 Å². The maximum absolute atomic E-state index is 12.1. The Morgan fingerprint density at radius 3 is 2.83 bits per heavy atom. The van der Waals surface area contributed by atoms with E-state index in [1.54, 1.807) is 0 Å². The lowest BCUT2D eigenvalue weighted by Crippen LogP contribution is -2.50. The number of anilines is 1. The van der Waals surface area contributed by atoms with Crippen LogP contribution in [0.5, 0.6) is 0 Å². The van der Waals surface area contributed by atoms with Crippen molar-refractivity contribution in [3.05, 3.63) is 42.5 Å². The number of carbonyl (C=O) groups is 1. The highest BCUT2D eigenvalue weighted by Gasteiger charge is 2.21. The highest BCUT2D eigenvalue weighted by atomic mass is 16.4. The molecule has 6 heteroatoms. The van der Waals surface area contributed by atoms with Crippen LogP contribution in [0, 0.1) is 0 Å². The van der Waals surface area contributed by atoms with Gasteiger partial charge in [0.25, 0.3) is 0 Å². The molecule has 1 aliphatic carbocycles. The molecule has 0 bridgehead atoms. The molecule has 0 heterocycles. The highest BCUT2D eigenvalue weighted by molar-refractivity contribution is 6.01. The van der Waals surface area contributed by atoms with Crippen LogP contribution in [0.2, 0.25) is 0 Å². The minimum Gasteiger partial charge on any atom is -0.411 e. The minimum absolute atomic E-state index is 0.119. The largest absolute Gasteiger partial charge is 0.411 e. The predicted molar refractivity (Wildman–Crippen MR) is 90.7 cm³/mol.